The molecule has 0 spiro atoms. The standard InChI is InChI=1S/C11H8ClN3O2/c12-7-1-4-14-10(5-7)15-11(17)8-2-3-13-6-9(8)16/h1-6,16H,(H,14,15,17). The summed E-state index contributed by atoms with van der Waals surface area (Å²) in [5.74, 6) is -0.342. The number of aromatic nitrogens is 2. The van der Waals surface area contributed by atoms with Crippen molar-refractivity contribution >= 4 is 23.3 Å². The number of aromatic hydroxyl groups is 1. The summed E-state index contributed by atoms with van der Waals surface area (Å²) in [5, 5.41) is 12.4. The number of carbonyl (C=O) groups excluding carboxylic acids is 1. The van der Waals surface area contributed by atoms with Crippen LogP contribution in [0.5, 0.6) is 5.75 Å². The fraction of sp³-hybridized carbons (Fsp3) is 0. The molecular formula is C11H8ClN3O2. The Bertz CT molecular complexity index is 560. The highest BCUT2D eigenvalue weighted by atomic mass is 35.5. The van der Waals surface area contributed by atoms with Crippen molar-refractivity contribution in [2.45, 2.75) is 0 Å². The third kappa shape index (κ3) is 2.70. The number of hydrogen-bond acceptors (Lipinski definition) is 4. The van der Waals surface area contributed by atoms with Crippen molar-refractivity contribution in [3.05, 3.63) is 47.4 Å². The summed E-state index contributed by atoms with van der Waals surface area (Å²) < 4.78 is 0. The number of nitrogens with zero attached hydrogens (tertiary/aromatic N) is 2. The largest absolute Gasteiger partial charge is 0.505 e. The molecule has 2 rings (SSSR count). The van der Waals surface area contributed by atoms with E-state index >= 15 is 0 Å². The Morgan fingerprint density at radius 1 is 1.35 bits per heavy atom. The monoisotopic (exact) mass is 249 g/mol. The van der Waals surface area contributed by atoms with Crippen molar-refractivity contribution in [1.29, 1.82) is 0 Å². The van der Waals surface area contributed by atoms with Crippen LogP contribution in [-0.4, -0.2) is 21.0 Å². The van der Waals surface area contributed by atoms with Gasteiger partial charge in [-0.1, -0.05) is 11.6 Å². The van der Waals surface area contributed by atoms with E-state index < -0.39 is 5.91 Å². The van der Waals surface area contributed by atoms with E-state index in [1.165, 1.54) is 30.7 Å². The van der Waals surface area contributed by atoms with E-state index in [0.29, 0.717) is 10.8 Å². The molecule has 0 radical (unpaired) electrons. The van der Waals surface area contributed by atoms with Crippen LogP contribution in [0.4, 0.5) is 5.82 Å². The molecule has 0 atom stereocenters. The zero-order valence-electron chi connectivity index (χ0n) is 8.59. The molecular weight excluding hydrogens is 242 g/mol. The van der Waals surface area contributed by atoms with E-state index in [2.05, 4.69) is 15.3 Å². The van der Waals surface area contributed by atoms with Crippen LogP contribution >= 0.6 is 11.6 Å². The van der Waals surface area contributed by atoms with Gasteiger partial charge < -0.3 is 10.4 Å². The molecule has 2 aromatic heterocycles. The first-order valence-electron chi connectivity index (χ1n) is 4.72. The van der Waals surface area contributed by atoms with Crippen molar-refractivity contribution in [1.82, 2.24) is 9.97 Å². The molecule has 0 fully saturated rings. The molecule has 0 aliphatic heterocycles. The first kappa shape index (κ1) is 11.3. The summed E-state index contributed by atoms with van der Waals surface area (Å²) in [6.45, 7) is 0. The topological polar surface area (TPSA) is 75.1 Å². The molecule has 17 heavy (non-hydrogen) atoms. The smallest absolute Gasteiger partial charge is 0.260 e. The van der Waals surface area contributed by atoms with Gasteiger partial charge in [0.15, 0.2) is 0 Å². The van der Waals surface area contributed by atoms with Crippen LogP contribution in [-0.2, 0) is 0 Å². The number of rotatable bonds is 2. The number of carbonyl (C=O) groups is 1. The zero-order valence-corrected chi connectivity index (χ0v) is 9.35. The molecule has 86 valence electrons. The predicted molar refractivity (Wildman–Crippen MR) is 63.1 cm³/mol. The maximum Gasteiger partial charge on any atom is 0.260 e. The first-order chi connectivity index (χ1) is 8.16. The quantitative estimate of drug-likeness (QED) is 0.855. The highest BCUT2D eigenvalue weighted by Gasteiger charge is 2.11. The van der Waals surface area contributed by atoms with Gasteiger partial charge in [-0.15, -0.1) is 0 Å². The van der Waals surface area contributed by atoms with Crippen LogP contribution in [0.3, 0.4) is 0 Å². The fourth-order valence-corrected chi connectivity index (χ4v) is 1.39. The minimum absolute atomic E-state index is 0.127. The van der Waals surface area contributed by atoms with Gasteiger partial charge in [0, 0.05) is 17.4 Å². The van der Waals surface area contributed by atoms with E-state index in [1.807, 2.05) is 0 Å². The van der Waals surface area contributed by atoms with Crippen molar-refractivity contribution in [2.75, 3.05) is 5.32 Å². The van der Waals surface area contributed by atoms with Gasteiger partial charge in [-0.3, -0.25) is 9.78 Å². The van der Waals surface area contributed by atoms with Gasteiger partial charge in [0.25, 0.3) is 5.91 Å². The van der Waals surface area contributed by atoms with Crippen LogP contribution < -0.4 is 5.32 Å². The lowest BCUT2D eigenvalue weighted by molar-refractivity contribution is 0.102. The Hall–Kier alpha value is -2.14. The van der Waals surface area contributed by atoms with Crippen molar-refractivity contribution in [3.63, 3.8) is 0 Å². The molecule has 5 nitrogen and oxygen atoms in total. The van der Waals surface area contributed by atoms with Gasteiger partial charge in [0.1, 0.15) is 11.6 Å². The van der Waals surface area contributed by atoms with E-state index in [-0.39, 0.29) is 11.3 Å². The first-order valence-corrected chi connectivity index (χ1v) is 5.10. The molecule has 6 heteroatoms. The number of halogens is 1. The van der Waals surface area contributed by atoms with Gasteiger partial charge >= 0.3 is 0 Å². The van der Waals surface area contributed by atoms with Crippen LogP contribution in [0.2, 0.25) is 5.02 Å². The number of pyridine rings is 2. The lowest BCUT2D eigenvalue weighted by Gasteiger charge is -2.05. The maximum absolute atomic E-state index is 11.8. The molecule has 0 aliphatic carbocycles. The summed E-state index contributed by atoms with van der Waals surface area (Å²) in [5.41, 5.74) is 0.127. The predicted octanol–water partition coefficient (Wildman–Crippen LogP) is 2.09. The molecule has 0 bridgehead atoms. The van der Waals surface area contributed by atoms with E-state index in [0.717, 1.165) is 0 Å². The molecule has 0 aliphatic rings. The third-order valence-electron chi connectivity index (χ3n) is 2.01. The Morgan fingerprint density at radius 3 is 2.88 bits per heavy atom. The van der Waals surface area contributed by atoms with Crippen LogP contribution in [0.1, 0.15) is 10.4 Å². The van der Waals surface area contributed by atoms with Crippen LogP contribution in [0.15, 0.2) is 36.8 Å². The second kappa shape index (κ2) is 4.80. The van der Waals surface area contributed by atoms with Gasteiger partial charge in [-0.2, -0.15) is 0 Å². The summed E-state index contributed by atoms with van der Waals surface area (Å²) in [6, 6.07) is 4.52. The second-order valence-corrected chi connectivity index (χ2v) is 3.64. The van der Waals surface area contributed by atoms with E-state index in [1.54, 1.807) is 6.07 Å². The van der Waals surface area contributed by atoms with Gasteiger partial charge in [-0.05, 0) is 18.2 Å². The lowest BCUT2D eigenvalue weighted by atomic mass is 10.2. The molecule has 0 saturated heterocycles. The van der Waals surface area contributed by atoms with Gasteiger partial charge in [0.05, 0.1) is 11.8 Å². The van der Waals surface area contributed by atoms with E-state index in [4.69, 9.17) is 11.6 Å². The number of amides is 1. The van der Waals surface area contributed by atoms with Crippen LogP contribution in [0.25, 0.3) is 0 Å². The Morgan fingerprint density at radius 2 is 2.18 bits per heavy atom. The molecule has 0 aromatic carbocycles. The minimum Gasteiger partial charge on any atom is -0.505 e. The maximum atomic E-state index is 11.8. The van der Waals surface area contributed by atoms with Gasteiger partial charge in [-0.25, -0.2) is 4.98 Å². The Kier molecular flexibility index (Phi) is 3.20. The second-order valence-electron chi connectivity index (χ2n) is 3.21. The Labute approximate surface area is 102 Å². The van der Waals surface area contributed by atoms with E-state index in [9.17, 15) is 9.90 Å². The summed E-state index contributed by atoms with van der Waals surface area (Å²) in [4.78, 5) is 19.4. The summed E-state index contributed by atoms with van der Waals surface area (Å²) in [7, 11) is 0. The third-order valence-corrected chi connectivity index (χ3v) is 2.24. The average molecular weight is 250 g/mol. The normalized spacial score (nSPS) is 9.94. The fourth-order valence-electron chi connectivity index (χ4n) is 1.23. The minimum atomic E-state index is -0.473. The molecule has 2 aromatic rings. The van der Waals surface area contributed by atoms with Gasteiger partial charge in [0.2, 0.25) is 0 Å². The summed E-state index contributed by atoms with van der Waals surface area (Å²) in [6.07, 6.45) is 4.09. The average Bonchev–Trinajstić information content (AvgIpc) is 2.29. The van der Waals surface area contributed by atoms with Crippen molar-refractivity contribution in [3.8, 4) is 5.75 Å². The molecule has 0 unspecified atom stereocenters. The van der Waals surface area contributed by atoms with Crippen molar-refractivity contribution < 1.29 is 9.90 Å². The molecule has 1 amide bonds. The van der Waals surface area contributed by atoms with Crippen LogP contribution in [0, 0.1) is 0 Å². The molecule has 0 saturated carbocycles. The summed E-state index contributed by atoms with van der Waals surface area (Å²) >= 11 is 5.75. The number of nitrogens with one attached hydrogen (secondary N) is 1. The lowest BCUT2D eigenvalue weighted by Crippen LogP contribution is -2.13. The number of anilines is 1. The zero-order chi connectivity index (χ0) is 12.3. The van der Waals surface area contributed by atoms with Crippen molar-refractivity contribution in [2.24, 2.45) is 0 Å². The molecule has 2 N–H and O–H groups in total. The number of hydrogen-bond donors (Lipinski definition) is 2. The highest BCUT2D eigenvalue weighted by molar-refractivity contribution is 6.30. The SMILES string of the molecule is O=C(Nc1cc(Cl)ccn1)c1ccncc1O. The molecule has 2 heterocycles. The Balaban J connectivity index is 2.20. The highest BCUT2D eigenvalue weighted by Crippen LogP contribution is 2.17.